The van der Waals surface area contributed by atoms with E-state index in [-0.39, 0.29) is 18.0 Å². The summed E-state index contributed by atoms with van der Waals surface area (Å²) in [5.41, 5.74) is 0.399. The highest BCUT2D eigenvalue weighted by Crippen LogP contribution is 2.31. The van der Waals surface area contributed by atoms with Gasteiger partial charge >= 0.3 is 17.9 Å². The van der Waals surface area contributed by atoms with E-state index in [1.807, 2.05) is 0 Å². The van der Waals surface area contributed by atoms with Crippen molar-refractivity contribution in [1.29, 1.82) is 0 Å². The molecule has 0 aliphatic rings. The molecule has 0 unspecified atom stereocenters. The minimum atomic E-state index is -1.01. The third-order valence-electron chi connectivity index (χ3n) is 2.57. The molecule has 1 aromatic rings. The molecule has 0 fully saturated rings. The van der Waals surface area contributed by atoms with E-state index in [1.54, 1.807) is 0 Å². The van der Waals surface area contributed by atoms with Crippen molar-refractivity contribution in [3.63, 3.8) is 0 Å². The van der Waals surface area contributed by atoms with E-state index < -0.39 is 24.0 Å². The molecule has 0 saturated carbocycles. The predicted molar refractivity (Wildman–Crippen MR) is 78.4 cm³/mol. The number of nitrogens with zero attached hydrogens (tertiary/aromatic N) is 1. The standard InChI is InChI=1S/C15H19NO7/c1-9(17)21-14-6-5-12(7-15(14)22-10(2)18)13(20)8-16(4)23-11(3)19/h5-7,13,20H,8H2,1-4H3/t13-/m0/s1. The lowest BCUT2D eigenvalue weighted by Gasteiger charge is -2.20. The maximum absolute atomic E-state index is 11.1. The summed E-state index contributed by atoms with van der Waals surface area (Å²) >= 11 is 0. The predicted octanol–water partition coefficient (Wildman–Crippen LogP) is 0.980. The maximum Gasteiger partial charge on any atom is 0.322 e. The van der Waals surface area contributed by atoms with E-state index in [9.17, 15) is 19.5 Å². The zero-order valence-electron chi connectivity index (χ0n) is 13.4. The average molecular weight is 325 g/mol. The fourth-order valence-electron chi connectivity index (χ4n) is 1.81. The number of likely N-dealkylation sites (N-methyl/N-ethyl adjacent to an activating group) is 1. The minimum Gasteiger partial charge on any atom is -0.423 e. The van der Waals surface area contributed by atoms with E-state index in [0.29, 0.717) is 5.56 Å². The first-order valence-electron chi connectivity index (χ1n) is 6.77. The van der Waals surface area contributed by atoms with E-state index in [0.717, 1.165) is 0 Å². The molecule has 0 bridgehead atoms. The Labute approximate surface area is 133 Å². The number of aliphatic hydroxyl groups excluding tert-OH is 1. The minimum absolute atomic E-state index is 0.00596. The number of hydrogen-bond acceptors (Lipinski definition) is 8. The van der Waals surface area contributed by atoms with Crippen molar-refractivity contribution in [1.82, 2.24) is 5.06 Å². The Balaban J connectivity index is 2.96. The Morgan fingerprint density at radius 1 is 1.04 bits per heavy atom. The SMILES string of the molecule is CC(=O)Oc1ccc([C@@H](O)CN(C)OC(C)=O)cc1OC(C)=O. The lowest BCUT2D eigenvalue weighted by Crippen LogP contribution is -2.27. The normalized spacial score (nSPS) is 11.7. The molecular weight excluding hydrogens is 306 g/mol. The van der Waals surface area contributed by atoms with Crippen LogP contribution in [0.1, 0.15) is 32.4 Å². The fourth-order valence-corrected chi connectivity index (χ4v) is 1.81. The summed E-state index contributed by atoms with van der Waals surface area (Å²) in [5, 5.41) is 11.3. The molecular formula is C15H19NO7. The van der Waals surface area contributed by atoms with Crippen molar-refractivity contribution < 1.29 is 33.8 Å². The van der Waals surface area contributed by atoms with Crippen LogP contribution in [-0.4, -0.2) is 41.7 Å². The fraction of sp³-hybridized carbons (Fsp3) is 0.400. The van der Waals surface area contributed by atoms with E-state index in [1.165, 1.54) is 51.1 Å². The summed E-state index contributed by atoms with van der Waals surface area (Å²) in [6.45, 7) is 3.67. The topological polar surface area (TPSA) is 102 Å². The highest BCUT2D eigenvalue weighted by molar-refractivity contribution is 5.73. The molecule has 126 valence electrons. The third kappa shape index (κ3) is 6.45. The molecule has 0 spiro atoms. The second-order valence-electron chi connectivity index (χ2n) is 4.80. The lowest BCUT2D eigenvalue weighted by atomic mass is 10.1. The van der Waals surface area contributed by atoms with E-state index in [2.05, 4.69) is 0 Å². The van der Waals surface area contributed by atoms with E-state index >= 15 is 0 Å². The number of carbonyl (C=O) groups is 3. The van der Waals surface area contributed by atoms with Crippen LogP contribution in [0.5, 0.6) is 11.5 Å². The zero-order valence-corrected chi connectivity index (χ0v) is 13.4. The highest BCUT2D eigenvalue weighted by Gasteiger charge is 2.17. The van der Waals surface area contributed by atoms with E-state index in [4.69, 9.17) is 14.3 Å². The first kappa shape index (κ1) is 18.6. The number of rotatable bonds is 6. The van der Waals surface area contributed by atoms with Gasteiger partial charge in [0.2, 0.25) is 0 Å². The van der Waals surface area contributed by atoms with Crippen molar-refractivity contribution in [3.8, 4) is 11.5 Å². The number of hydrogen-bond donors (Lipinski definition) is 1. The Bertz CT molecular complexity index is 599. The molecule has 0 radical (unpaired) electrons. The lowest BCUT2D eigenvalue weighted by molar-refractivity contribution is -0.185. The number of ether oxygens (including phenoxy) is 2. The van der Waals surface area contributed by atoms with Crippen molar-refractivity contribution in [2.75, 3.05) is 13.6 Å². The second kappa shape index (κ2) is 8.25. The number of hydroxylamine groups is 2. The van der Waals surface area contributed by atoms with Gasteiger partial charge in [0.1, 0.15) is 0 Å². The summed E-state index contributed by atoms with van der Waals surface area (Å²) in [5.74, 6) is -1.59. The Morgan fingerprint density at radius 3 is 2.13 bits per heavy atom. The van der Waals surface area contributed by atoms with Crippen LogP contribution < -0.4 is 9.47 Å². The van der Waals surface area contributed by atoms with Gasteiger partial charge in [0, 0.05) is 27.8 Å². The monoisotopic (exact) mass is 325 g/mol. The van der Waals surface area contributed by atoms with Gasteiger partial charge in [0.05, 0.1) is 12.6 Å². The largest absolute Gasteiger partial charge is 0.423 e. The van der Waals surface area contributed by atoms with Crippen molar-refractivity contribution in [2.45, 2.75) is 26.9 Å². The molecule has 0 amide bonds. The molecule has 8 nitrogen and oxygen atoms in total. The molecule has 23 heavy (non-hydrogen) atoms. The Morgan fingerprint density at radius 2 is 1.61 bits per heavy atom. The Kier molecular flexibility index (Phi) is 6.67. The smallest absolute Gasteiger partial charge is 0.322 e. The van der Waals surface area contributed by atoms with Gasteiger partial charge < -0.3 is 19.4 Å². The number of carbonyl (C=O) groups excluding carboxylic acids is 3. The van der Waals surface area contributed by atoms with Crippen LogP contribution in [0.2, 0.25) is 0 Å². The van der Waals surface area contributed by atoms with Gasteiger partial charge in [0.25, 0.3) is 0 Å². The highest BCUT2D eigenvalue weighted by atomic mass is 16.7. The first-order chi connectivity index (χ1) is 10.7. The molecule has 0 aromatic heterocycles. The molecule has 0 heterocycles. The molecule has 1 aromatic carbocycles. The van der Waals surface area contributed by atoms with Crippen LogP contribution in [0.4, 0.5) is 0 Å². The summed E-state index contributed by atoms with van der Waals surface area (Å²) < 4.78 is 9.92. The van der Waals surface area contributed by atoms with Gasteiger partial charge in [-0.15, -0.1) is 5.06 Å². The second-order valence-corrected chi connectivity index (χ2v) is 4.80. The number of aliphatic hydroxyl groups is 1. The van der Waals surface area contributed by atoms with Crippen LogP contribution in [-0.2, 0) is 19.2 Å². The quantitative estimate of drug-likeness (QED) is 0.469. The zero-order chi connectivity index (χ0) is 17.6. The van der Waals surface area contributed by atoms with Crippen LogP contribution in [0.15, 0.2) is 18.2 Å². The van der Waals surface area contributed by atoms with Crippen LogP contribution in [0.25, 0.3) is 0 Å². The third-order valence-corrected chi connectivity index (χ3v) is 2.57. The van der Waals surface area contributed by atoms with Gasteiger partial charge in [-0.1, -0.05) is 6.07 Å². The van der Waals surface area contributed by atoms with Crippen LogP contribution >= 0.6 is 0 Å². The maximum atomic E-state index is 11.1. The van der Waals surface area contributed by atoms with Gasteiger partial charge in [-0.2, -0.15) is 0 Å². The molecule has 1 atom stereocenters. The van der Waals surface area contributed by atoms with Crippen molar-refractivity contribution >= 4 is 17.9 Å². The Hall–Kier alpha value is -2.45. The molecule has 0 saturated heterocycles. The van der Waals surface area contributed by atoms with Crippen molar-refractivity contribution in [2.24, 2.45) is 0 Å². The van der Waals surface area contributed by atoms with Gasteiger partial charge in [0.15, 0.2) is 11.5 Å². The number of esters is 2. The number of benzene rings is 1. The first-order valence-corrected chi connectivity index (χ1v) is 6.77. The van der Waals surface area contributed by atoms with Crippen LogP contribution in [0, 0.1) is 0 Å². The molecule has 0 aliphatic heterocycles. The summed E-state index contributed by atoms with van der Waals surface area (Å²) in [7, 11) is 1.49. The molecule has 1 rings (SSSR count). The molecule has 1 N–H and O–H groups in total. The summed E-state index contributed by atoms with van der Waals surface area (Å²) in [4.78, 5) is 37.8. The average Bonchev–Trinajstić information content (AvgIpc) is 2.38. The van der Waals surface area contributed by atoms with Crippen molar-refractivity contribution in [3.05, 3.63) is 23.8 Å². The van der Waals surface area contributed by atoms with Gasteiger partial charge in [-0.25, -0.2) is 0 Å². The summed E-state index contributed by atoms with van der Waals surface area (Å²) in [6, 6.07) is 4.30. The van der Waals surface area contributed by atoms with Gasteiger partial charge in [-0.3, -0.25) is 14.4 Å². The summed E-state index contributed by atoms with van der Waals surface area (Å²) in [6.07, 6.45) is -1.01. The molecule has 8 heteroatoms. The van der Waals surface area contributed by atoms with Crippen LogP contribution in [0.3, 0.4) is 0 Å². The molecule has 0 aliphatic carbocycles. The van der Waals surface area contributed by atoms with Gasteiger partial charge in [-0.05, 0) is 17.7 Å².